The van der Waals surface area contributed by atoms with Crippen molar-refractivity contribution in [2.45, 2.75) is 45.0 Å². The number of pyridine rings is 1. The number of benzene rings is 2. The topological polar surface area (TPSA) is 72.8 Å². The molecule has 202 valence electrons. The first kappa shape index (κ1) is 26.1. The van der Waals surface area contributed by atoms with Crippen molar-refractivity contribution in [1.82, 2.24) is 9.47 Å². The van der Waals surface area contributed by atoms with Gasteiger partial charge in [0.15, 0.2) is 6.29 Å². The zero-order chi connectivity index (χ0) is 26.9. The molecule has 9 heteroatoms. The molecule has 0 radical (unpaired) electrons. The Bertz CT molecular complexity index is 1580. The summed E-state index contributed by atoms with van der Waals surface area (Å²) in [4.78, 5) is 30.2. The molecule has 6 rings (SSSR count). The van der Waals surface area contributed by atoms with E-state index < -0.39 is 0 Å². The number of thiophene rings is 1. The highest BCUT2D eigenvalue weighted by Crippen LogP contribution is 2.40. The van der Waals surface area contributed by atoms with Gasteiger partial charge in [0.2, 0.25) is 0 Å². The van der Waals surface area contributed by atoms with Gasteiger partial charge >= 0.3 is 0 Å². The lowest BCUT2D eigenvalue weighted by molar-refractivity contribution is -0.184. The van der Waals surface area contributed by atoms with Crippen LogP contribution in [0.2, 0.25) is 5.02 Å². The van der Waals surface area contributed by atoms with Gasteiger partial charge in [0.1, 0.15) is 9.71 Å². The Kier molecular flexibility index (Phi) is 7.44. The maximum absolute atomic E-state index is 14.0. The van der Waals surface area contributed by atoms with Gasteiger partial charge in [-0.25, -0.2) is 0 Å². The van der Waals surface area contributed by atoms with Crippen LogP contribution in [0.5, 0.6) is 0 Å². The van der Waals surface area contributed by atoms with Gasteiger partial charge in [0.05, 0.1) is 22.5 Å². The first-order chi connectivity index (χ1) is 19.0. The van der Waals surface area contributed by atoms with Crippen LogP contribution >= 0.6 is 22.9 Å². The summed E-state index contributed by atoms with van der Waals surface area (Å²) in [5.41, 5.74) is 3.03. The molecule has 2 saturated heterocycles. The summed E-state index contributed by atoms with van der Waals surface area (Å²) in [6.45, 7) is 3.86. The van der Waals surface area contributed by atoms with Crippen molar-refractivity contribution in [3.63, 3.8) is 0 Å². The Morgan fingerprint density at radius 3 is 2.77 bits per heavy atom. The summed E-state index contributed by atoms with van der Waals surface area (Å²) >= 11 is 7.83. The Labute approximate surface area is 235 Å². The van der Waals surface area contributed by atoms with Crippen LogP contribution in [-0.4, -0.2) is 47.5 Å². The highest BCUT2D eigenvalue weighted by atomic mass is 35.5. The summed E-state index contributed by atoms with van der Waals surface area (Å²) < 4.78 is 13.5. The van der Waals surface area contributed by atoms with E-state index in [4.69, 9.17) is 21.1 Å². The number of nitrogens with zero attached hydrogens (tertiary/aromatic N) is 2. The van der Waals surface area contributed by atoms with Gasteiger partial charge < -0.3 is 19.7 Å². The number of hydrogen-bond acceptors (Lipinski definition) is 6. The minimum atomic E-state index is -0.208. The molecule has 2 atom stereocenters. The van der Waals surface area contributed by atoms with Gasteiger partial charge in [-0.15, -0.1) is 11.3 Å². The number of carbonyl (C=O) groups is 1. The van der Waals surface area contributed by atoms with Gasteiger partial charge in [-0.2, -0.15) is 0 Å². The molecule has 0 aliphatic carbocycles. The molecule has 39 heavy (non-hydrogen) atoms. The molecule has 0 spiro atoms. The maximum atomic E-state index is 14.0. The fraction of sp³-hybridized carbons (Fsp3) is 0.333. The largest absolute Gasteiger partial charge is 0.354 e. The number of fused-ring (bicyclic) bond motifs is 1. The molecule has 1 unspecified atom stereocenters. The van der Waals surface area contributed by atoms with Crippen LogP contribution in [-0.2, 0) is 9.47 Å². The summed E-state index contributed by atoms with van der Waals surface area (Å²) in [5.74, 6) is -0.0832. The van der Waals surface area contributed by atoms with E-state index in [9.17, 15) is 9.59 Å². The Morgan fingerprint density at radius 2 is 1.97 bits per heavy atom. The Hall–Kier alpha value is -3.17. The van der Waals surface area contributed by atoms with E-state index in [1.54, 1.807) is 16.7 Å². The summed E-state index contributed by atoms with van der Waals surface area (Å²) in [7, 11) is 0. The van der Waals surface area contributed by atoms with Gasteiger partial charge in [-0.3, -0.25) is 14.2 Å². The van der Waals surface area contributed by atoms with Crippen molar-refractivity contribution in [2.24, 2.45) is 0 Å². The summed E-state index contributed by atoms with van der Waals surface area (Å²) in [5, 5.41) is 4.74. The minimum absolute atomic E-state index is 0.0547. The molecule has 0 saturated carbocycles. The van der Waals surface area contributed by atoms with Crippen LogP contribution in [0.4, 0.5) is 11.4 Å². The summed E-state index contributed by atoms with van der Waals surface area (Å²) in [6, 6.07) is 18.6. The summed E-state index contributed by atoms with van der Waals surface area (Å²) in [6.07, 6.45) is 3.58. The normalized spacial score (nSPS) is 19.5. The molecule has 2 aliphatic rings. The van der Waals surface area contributed by atoms with Crippen molar-refractivity contribution in [3.05, 3.63) is 86.5 Å². The van der Waals surface area contributed by atoms with E-state index in [2.05, 4.69) is 5.32 Å². The van der Waals surface area contributed by atoms with Gasteiger partial charge in [-0.1, -0.05) is 35.9 Å². The van der Waals surface area contributed by atoms with E-state index in [1.165, 1.54) is 17.4 Å². The number of anilines is 2. The van der Waals surface area contributed by atoms with Crippen molar-refractivity contribution in [1.29, 1.82) is 0 Å². The van der Waals surface area contributed by atoms with E-state index in [1.807, 2.05) is 54.3 Å². The lowest BCUT2D eigenvalue weighted by Gasteiger charge is -2.26. The smallest absolute Gasteiger partial charge is 0.266 e. The standard InChI is InChI=1S/C30H30ClN3O4S/c1-19-7-6-8-20(17-19)32-27-22-12-13-25(35)34(24-10-3-2-9-23(24)31)30(22)39-28(27)29(36)33-15-14-21(18-33)38-26-11-4-5-16-37-26/h2-3,6-10,12-13,17,21,26,32H,4-5,11,14-16,18H2,1H3/t21-,26?/m0/s1. The van der Waals surface area contributed by atoms with Gasteiger partial charge in [-0.05, 0) is 68.5 Å². The first-order valence-corrected chi connectivity index (χ1v) is 14.5. The number of ether oxygens (including phenoxy) is 2. The SMILES string of the molecule is Cc1cccc(Nc2c(C(=O)N3CC[C@H](OC4CCCCO4)C3)sc3c2ccc(=O)n3-c2ccccc2Cl)c1. The minimum Gasteiger partial charge on any atom is -0.354 e. The molecular weight excluding hydrogens is 534 g/mol. The van der Waals surface area contributed by atoms with E-state index in [-0.39, 0.29) is 23.9 Å². The number of likely N-dealkylation sites (tertiary alicyclic amines) is 1. The second-order valence-electron chi connectivity index (χ2n) is 10.1. The van der Waals surface area contributed by atoms with E-state index >= 15 is 0 Å². The molecular formula is C30H30ClN3O4S. The van der Waals surface area contributed by atoms with E-state index in [0.717, 1.165) is 48.9 Å². The number of rotatable bonds is 6. The predicted molar refractivity (Wildman–Crippen MR) is 156 cm³/mol. The van der Waals surface area contributed by atoms with Crippen LogP contribution in [0.15, 0.2) is 65.5 Å². The third-order valence-electron chi connectivity index (χ3n) is 7.23. The van der Waals surface area contributed by atoms with E-state index in [0.29, 0.717) is 39.2 Å². The first-order valence-electron chi connectivity index (χ1n) is 13.3. The van der Waals surface area contributed by atoms with Crippen LogP contribution in [0.25, 0.3) is 15.9 Å². The molecule has 7 nitrogen and oxygen atoms in total. The van der Waals surface area contributed by atoms with Crippen molar-refractivity contribution >= 4 is 50.4 Å². The van der Waals surface area contributed by atoms with Gasteiger partial charge in [0, 0.05) is 36.8 Å². The quantitative estimate of drug-likeness (QED) is 0.289. The number of halogens is 1. The molecule has 2 aromatic carbocycles. The highest BCUT2D eigenvalue weighted by Gasteiger charge is 2.33. The number of amides is 1. The average Bonchev–Trinajstić information content (AvgIpc) is 3.54. The number of aromatic nitrogens is 1. The van der Waals surface area contributed by atoms with Crippen molar-refractivity contribution in [2.75, 3.05) is 25.0 Å². The lowest BCUT2D eigenvalue weighted by Crippen LogP contribution is -2.32. The van der Waals surface area contributed by atoms with Crippen LogP contribution < -0.4 is 10.9 Å². The zero-order valence-electron chi connectivity index (χ0n) is 21.7. The molecule has 4 aromatic rings. The molecule has 1 amide bonds. The third-order valence-corrected chi connectivity index (χ3v) is 8.73. The highest BCUT2D eigenvalue weighted by molar-refractivity contribution is 7.21. The number of nitrogens with one attached hydrogen (secondary N) is 1. The lowest BCUT2D eigenvalue weighted by atomic mass is 10.2. The molecule has 0 bridgehead atoms. The number of aryl methyl sites for hydroxylation is 1. The molecule has 2 aromatic heterocycles. The van der Waals surface area contributed by atoms with Crippen molar-refractivity contribution in [3.8, 4) is 5.69 Å². The second kappa shape index (κ2) is 11.1. The fourth-order valence-electron chi connectivity index (χ4n) is 5.29. The molecule has 4 heterocycles. The van der Waals surface area contributed by atoms with Crippen LogP contribution in [0.1, 0.15) is 40.9 Å². The molecule has 2 fully saturated rings. The Balaban J connectivity index is 1.39. The monoisotopic (exact) mass is 563 g/mol. The average molecular weight is 564 g/mol. The molecule has 2 aliphatic heterocycles. The zero-order valence-corrected chi connectivity index (χ0v) is 23.3. The number of para-hydroxylation sites is 1. The maximum Gasteiger partial charge on any atom is 0.266 e. The predicted octanol–water partition coefficient (Wildman–Crippen LogP) is 6.52. The third kappa shape index (κ3) is 5.34. The fourth-order valence-corrected chi connectivity index (χ4v) is 6.74. The second-order valence-corrected chi connectivity index (χ2v) is 11.5. The Morgan fingerprint density at radius 1 is 1.10 bits per heavy atom. The van der Waals surface area contributed by atoms with Crippen LogP contribution in [0, 0.1) is 6.92 Å². The van der Waals surface area contributed by atoms with Crippen LogP contribution in [0.3, 0.4) is 0 Å². The van der Waals surface area contributed by atoms with Gasteiger partial charge in [0.25, 0.3) is 11.5 Å². The molecule has 1 N–H and O–H groups in total. The van der Waals surface area contributed by atoms with Crippen molar-refractivity contribution < 1.29 is 14.3 Å². The number of hydrogen-bond donors (Lipinski definition) is 1. The number of carbonyl (C=O) groups excluding carboxylic acids is 1.